The van der Waals surface area contributed by atoms with Gasteiger partial charge in [0.2, 0.25) is 0 Å². The van der Waals surface area contributed by atoms with Crippen LogP contribution in [0.15, 0.2) is 0 Å². The van der Waals surface area contributed by atoms with Crippen LogP contribution in [-0.4, -0.2) is 43.6 Å². The molecule has 0 radical (unpaired) electrons. The number of hydrogen-bond acceptors (Lipinski definition) is 7. The standard InChI is InChI=1S/C8H11NO7S/c1-2-15-8(12)5-17(13,14)16-9-6(10)3-4-7(9)11/h2-5H2,1H3. The summed E-state index contributed by atoms with van der Waals surface area (Å²) in [6, 6.07) is 0. The van der Waals surface area contributed by atoms with Crippen molar-refractivity contribution in [1.29, 1.82) is 0 Å². The van der Waals surface area contributed by atoms with E-state index in [2.05, 4.69) is 9.02 Å². The molecule has 2 amide bonds. The molecule has 0 aromatic heterocycles. The van der Waals surface area contributed by atoms with E-state index in [1.807, 2.05) is 0 Å². The number of imide groups is 1. The predicted molar refractivity (Wildman–Crippen MR) is 52.6 cm³/mol. The van der Waals surface area contributed by atoms with Gasteiger partial charge < -0.3 is 4.74 Å². The van der Waals surface area contributed by atoms with Crippen LogP contribution in [0, 0.1) is 0 Å². The minimum Gasteiger partial charge on any atom is -0.465 e. The van der Waals surface area contributed by atoms with Gasteiger partial charge in [-0.25, -0.2) is 0 Å². The van der Waals surface area contributed by atoms with Crippen molar-refractivity contribution < 1.29 is 31.8 Å². The molecule has 8 nitrogen and oxygen atoms in total. The number of amides is 2. The van der Waals surface area contributed by atoms with Gasteiger partial charge in [-0.15, -0.1) is 9.35 Å². The van der Waals surface area contributed by atoms with Crippen molar-refractivity contribution in [2.45, 2.75) is 19.8 Å². The van der Waals surface area contributed by atoms with E-state index in [9.17, 15) is 22.8 Å². The predicted octanol–water partition coefficient (Wildman–Crippen LogP) is -1.04. The maximum Gasteiger partial charge on any atom is 0.323 e. The SMILES string of the molecule is CCOC(=O)CS(=O)(=O)ON1C(=O)CCC1=O. The Morgan fingerprint density at radius 2 is 1.82 bits per heavy atom. The van der Waals surface area contributed by atoms with Crippen LogP contribution in [0.5, 0.6) is 0 Å². The fraction of sp³-hybridized carbons (Fsp3) is 0.625. The van der Waals surface area contributed by atoms with Gasteiger partial charge in [0.1, 0.15) is 0 Å². The van der Waals surface area contributed by atoms with Crippen molar-refractivity contribution in [2.24, 2.45) is 0 Å². The molecule has 0 saturated carbocycles. The summed E-state index contributed by atoms with van der Waals surface area (Å²) in [6.07, 6.45) is -0.207. The Labute approximate surface area is 97.5 Å². The first-order valence-corrected chi connectivity index (χ1v) is 6.37. The molecule has 0 atom stereocenters. The lowest BCUT2D eigenvalue weighted by Gasteiger charge is -2.12. The van der Waals surface area contributed by atoms with Crippen LogP contribution in [0.3, 0.4) is 0 Å². The first-order valence-electron chi connectivity index (χ1n) is 4.79. The quantitative estimate of drug-likeness (QED) is 0.461. The fourth-order valence-electron chi connectivity index (χ4n) is 1.13. The number of rotatable bonds is 5. The molecule has 0 aromatic rings. The number of ether oxygens (including phenoxy) is 1. The third kappa shape index (κ3) is 3.79. The summed E-state index contributed by atoms with van der Waals surface area (Å²) >= 11 is 0. The summed E-state index contributed by atoms with van der Waals surface area (Å²) in [6.45, 7) is 1.54. The molecule has 9 heteroatoms. The Hall–Kier alpha value is -1.48. The molecule has 1 heterocycles. The molecular weight excluding hydrogens is 254 g/mol. The van der Waals surface area contributed by atoms with E-state index in [4.69, 9.17) is 0 Å². The highest BCUT2D eigenvalue weighted by Gasteiger charge is 2.35. The summed E-state index contributed by atoms with van der Waals surface area (Å²) in [5.74, 6) is -3.55. The number of hydrogen-bond donors (Lipinski definition) is 0. The number of carbonyl (C=O) groups excluding carboxylic acids is 3. The van der Waals surface area contributed by atoms with E-state index in [0.29, 0.717) is 0 Å². The number of esters is 1. The molecule has 0 spiro atoms. The van der Waals surface area contributed by atoms with E-state index in [1.165, 1.54) is 6.92 Å². The number of carbonyl (C=O) groups is 3. The van der Waals surface area contributed by atoms with Crippen LogP contribution in [0.4, 0.5) is 0 Å². The van der Waals surface area contributed by atoms with Gasteiger partial charge in [-0.2, -0.15) is 8.42 Å². The lowest BCUT2D eigenvalue weighted by molar-refractivity contribution is -0.164. The molecule has 0 N–H and O–H groups in total. The molecular formula is C8H11NO7S. The van der Waals surface area contributed by atoms with Crippen LogP contribution >= 0.6 is 0 Å². The summed E-state index contributed by atoms with van der Waals surface area (Å²) in [4.78, 5) is 33.1. The number of nitrogens with zero attached hydrogens (tertiary/aromatic N) is 1. The van der Waals surface area contributed by atoms with Gasteiger partial charge in [-0.1, -0.05) is 0 Å². The van der Waals surface area contributed by atoms with Gasteiger partial charge in [0.05, 0.1) is 6.61 Å². The second-order valence-electron chi connectivity index (χ2n) is 3.16. The zero-order valence-corrected chi connectivity index (χ0v) is 9.86. The van der Waals surface area contributed by atoms with Crippen LogP contribution in [0.1, 0.15) is 19.8 Å². The minimum absolute atomic E-state index is 0.0237. The van der Waals surface area contributed by atoms with E-state index in [-0.39, 0.29) is 24.5 Å². The Bertz CT molecular complexity index is 425. The molecule has 1 rings (SSSR count). The highest BCUT2D eigenvalue weighted by molar-refractivity contribution is 7.87. The van der Waals surface area contributed by atoms with Crippen LogP contribution in [0.2, 0.25) is 0 Å². The molecule has 1 aliphatic heterocycles. The van der Waals surface area contributed by atoms with Gasteiger partial charge in [-0.3, -0.25) is 14.4 Å². The molecule has 0 bridgehead atoms. The van der Waals surface area contributed by atoms with Crippen LogP contribution in [-0.2, 0) is 33.5 Å². The first kappa shape index (κ1) is 13.6. The molecule has 0 aliphatic carbocycles. The maximum atomic E-state index is 11.3. The second kappa shape index (κ2) is 5.23. The van der Waals surface area contributed by atoms with E-state index in [1.54, 1.807) is 0 Å². The zero-order chi connectivity index (χ0) is 13.1. The average Bonchev–Trinajstić information content (AvgIpc) is 2.48. The lowest BCUT2D eigenvalue weighted by Crippen LogP contribution is -2.34. The van der Waals surface area contributed by atoms with Crippen molar-refractivity contribution >= 4 is 27.9 Å². The normalized spacial score (nSPS) is 16.4. The topological polar surface area (TPSA) is 107 Å². The molecule has 0 unspecified atom stereocenters. The Balaban J connectivity index is 2.63. The Morgan fingerprint density at radius 3 is 2.29 bits per heavy atom. The maximum absolute atomic E-state index is 11.3. The Morgan fingerprint density at radius 1 is 1.29 bits per heavy atom. The van der Waals surface area contributed by atoms with Crippen molar-refractivity contribution in [1.82, 2.24) is 5.06 Å². The Kier molecular flexibility index (Phi) is 4.18. The second-order valence-corrected chi connectivity index (χ2v) is 4.72. The fourth-order valence-corrected chi connectivity index (χ4v) is 1.94. The largest absolute Gasteiger partial charge is 0.465 e. The lowest BCUT2D eigenvalue weighted by atomic mass is 10.4. The third-order valence-corrected chi connectivity index (χ3v) is 2.76. The van der Waals surface area contributed by atoms with Crippen molar-refractivity contribution in [3.05, 3.63) is 0 Å². The smallest absolute Gasteiger partial charge is 0.323 e. The summed E-state index contributed by atoms with van der Waals surface area (Å²) < 4.78 is 31.2. The monoisotopic (exact) mass is 265 g/mol. The van der Waals surface area contributed by atoms with Gasteiger partial charge >= 0.3 is 5.97 Å². The van der Waals surface area contributed by atoms with Crippen molar-refractivity contribution in [3.8, 4) is 0 Å². The van der Waals surface area contributed by atoms with E-state index in [0.717, 1.165) is 0 Å². The van der Waals surface area contributed by atoms with Gasteiger partial charge in [-0.05, 0) is 6.92 Å². The first-order chi connectivity index (χ1) is 7.85. The molecule has 17 heavy (non-hydrogen) atoms. The molecule has 1 fully saturated rings. The molecule has 1 aliphatic rings. The van der Waals surface area contributed by atoms with Crippen LogP contribution < -0.4 is 0 Å². The highest BCUT2D eigenvalue weighted by Crippen LogP contribution is 2.14. The van der Waals surface area contributed by atoms with Gasteiger partial charge in [0.25, 0.3) is 21.9 Å². The molecule has 0 aromatic carbocycles. The third-order valence-electron chi connectivity index (χ3n) is 1.79. The minimum atomic E-state index is -4.34. The molecule has 96 valence electrons. The van der Waals surface area contributed by atoms with E-state index < -0.39 is 33.7 Å². The number of hydroxylamine groups is 2. The van der Waals surface area contributed by atoms with Gasteiger partial charge in [0.15, 0.2) is 5.75 Å². The summed E-state index contributed by atoms with van der Waals surface area (Å²) in [5, 5.41) is 0.161. The molecule has 1 saturated heterocycles. The summed E-state index contributed by atoms with van der Waals surface area (Å²) in [5.41, 5.74) is 0. The van der Waals surface area contributed by atoms with E-state index >= 15 is 0 Å². The highest BCUT2D eigenvalue weighted by atomic mass is 32.2. The van der Waals surface area contributed by atoms with Crippen LogP contribution in [0.25, 0.3) is 0 Å². The summed E-state index contributed by atoms with van der Waals surface area (Å²) in [7, 11) is -4.34. The van der Waals surface area contributed by atoms with Gasteiger partial charge in [0, 0.05) is 12.8 Å². The van der Waals surface area contributed by atoms with Crippen molar-refractivity contribution in [3.63, 3.8) is 0 Å². The average molecular weight is 265 g/mol. The van der Waals surface area contributed by atoms with Crippen molar-refractivity contribution in [2.75, 3.05) is 12.4 Å². The zero-order valence-electron chi connectivity index (χ0n) is 9.04.